The summed E-state index contributed by atoms with van der Waals surface area (Å²) in [5.74, 6) is 0.570. The van der Waals surface area contributed by atoms with Crippen molar-refractivity contribution in [3.63, 3.8) is 0 Å². The molecule has 0 saturated carbocycles. The molecule has 0 amide bonds. The van der Waals surface area contributed by atoms with Crippen LogP contribution in [0.15, 0.2) is 4.79 Å². The van der Waals surface area contributed by atoms with Crippen LogP contribution in [0.25, 0.3) is 10.3 Å². The van der Waals surface area contributed by atoms with Gasteiger partial charge >= 0.3 is 4.87 Å². The number of ether oxygens (including phenoxy) is 1. The summed E-state index contributed by atoms with van der Waals surface area (Å²) in [6, 6.07) is 0. The zero-order chi connectivity index (χ0) is 16.9. The topological polar surface area (TPSA) is 158 Å². The molecule has 1 fully saturated rings. The van der Waals surface area contributed by atoms with Crippen LogP contribution in [0.3, 0.4) is 0 Å². The summed E-state index contributed by atoms with van der Waals surface area (Å²) in [5, 5.41) is 29.5. The van der Waals surface area contributed by atoms with E-state index in [4.69, 9.17) is 10.5 Å². The summed E-state index contributed by atoms with van der Waals surface area (Å²) < 4.78 is 5.99. The fraction of sp³-hybridized carbons (Fsp3) is 0.583. The lowest BCUT2D eigenvalue weighted by Crippen LogP contribution is -2.43. The molecule has 3 heterocycles. The number of aromatic amines is 1. The van der Waals surface area contributed by atoms with E-state index in [0.29, 0.717) is 16.2 Å². The van der Waals surface area contributed by atoms with Crippen LogP contribution in [-0.2, 0) is 4.74 Å². The quantitative estimate of drug-likeness (QED) is 0.393. The van der Waals surface area contributed by atoms with Gasteiger partial charge in [-0.1, -0.05) is 11.3 Å². The summed E-state index contributed by atoms with van der Waals surface area (Å²) in [5.41, 5.74) is 5.64. The van der Waals surface area contributed by atoms with E-state index < -0.39 is 30.6 Å². The van der Waals surface area contributed by atoms with E-state index >= 15 is 0 Å². The Bertz CT molecular complexity index is 775. The van der Waals surface area contributed by atoms with Gasteiger partial charge in [0.25, 0.3) is 0 Å². The first-order valence-corrected chi connectivity index (χ1v) is 7.64. The maximum atomic E-state index is 11.6. The highest BCUT2D eigenvalue weighted by Crippen LogP contribution is 2.35. The number of anilines is 1. The van der Waals surface area contributed by atoms with Crippen molar-refractivity contribution >= 4 is 27.5 Å². The molecule has 1 aliphatic heterocycles. The van der Waals surface area contributed by atoms with Crippen LogP contribution in [-0.4, -0.2) is 68.9 Å². The van der Waals surface area contributed by atoms with Gasteiger partial charge in [0.15, 0.2) is 17.3 Å². The Morgan fingerprint density at radius 1 is 1.35 bits per heavy atom. The summed E-state index contributed by atoms with van der Waals surface area (Å²) in [6.45, 7) is 0. The molecular formula is C12H17N5O5S. The molecule has 2 aromatic heterocycles. The summed E-state index contributed by atoms with van der Waals surface area (Å²) >= 11 is 0.975. The second-order valence-corrected chi connectivity index (χ2v) is 6.47. The molecule has 5 atom stereocenters. The fourth-order valence-corrected chi connectivity index (χ4v) is 3.33. The van der Waals surface area contributed by atoms with Crippen molar-refractivity contribution in [3.8, 4) is 0 Å². The van der Waals surface area contributed by atoms with Crippen LogP contribution in [0.5, 0.6) is 0 Å². The third-order valence-corrected chi connectivity index (χ3v) is 4.46. The fourth-order valence-electron chi connectivity index (χ4n) is 2.48. The first kappa shape index (κ1) is 16.2. The zero-order valence-electron chi connectivity index (χ0n) is 12.4. The number of aliphatic hydroxyl groups is 3. The van der Waals surface area contributed by atoms with Gasteiger partial charge in [0.2, 0.25) is 0 Å². The van der Waals surface area contributed by atoms with Gasteiger partial charge in [-0.3, -0.25) is 9.78 Å². The molecule has 0 spiro atoms. The molecule has 3 rings (SSSR count). The first-order valence-electron chi connectivity index (χ1n) is 6.83. The minimum Gasteiger partial charge on any atom is -0.387 e. The van der Waals surface area contributed by atoms with E-state index in [1.807, 2.05) is 0 Å². The smallest absolute Gasteiger partial charge is 0.306 e. The van der Waals surface area contributed by atoms with Gasteiger partial charge in [0.05, 0.1) is 0 Å². The Balaban J connectivity index is 2.08. The van der Waals surface area contributed by atoms with Crippen molar-refractivity contribution in [2.75, 3.05) is 19.0 Å². The number of nitrogens with one attached hydrogen (secondary N) is 1. The van der Waals surface area contributed by atoms with Gasteiger partial charge < -0.3 is 30.7 Å². The second-order valence-electron chi connectivity index (χ2n) is 5.49. The lowest BCUT2D eigenvalue weighted by atomic mass is 10.1. The first-order chi connectivity index (χ1) is 10.8. The molecule has 0 radical (unpaired) electrons. The predicted molar refractivity (Wildman–Crippen MR) is 82.2 cm³/mol. The largest absolute Gasteiger partial charge is 0.387 e. The monoisotopic (exact) mass is 343 g/mol. The molecule has 1 unspecified atom stereocenters. The normalized spacial score (nSPS) is 29.1. The molecular weight excluding hydrogens is 326 g/mol. The van der Waals surface area contributed by atoms with Crippen LogP contribution in [0.4, 0.5) is 5.82 Å². The average molecular weight is 343 g/mol. The Labute approximate surface area is 134 Å². The van der Waals surface area contributed by atoms with Crippen molar-refractivity contribution in [3.05, 3.63) is 15.5 Å². The highest BCUT2D eigenvalue weighted by molar-refractivity contribution is 7.16. The average Bonchev–Trinajstić information content (AvgIpc) is 2.98. The molecule has 0 bridgehead atoms. The third kappa shape index (κ3) is 2.71. The van der Waals surface area contributed by atoms with E-state index in [-0.39, 0.29) is 10.7 Å². The molecule has 1 aliphatic rings. The van der Waals surface area contributed by atoms with Crippen LogP contribution in [0.2, 0.25) is 0 Å². The van der Waals surface area contributed by atoms with Crippen LogP contribution in [0.1, 0.15) is 11.9 Å². The number of nitrogens with zero attached hydrogens (tertiary/aromatic N) is 3. The predicted octanol–water partition coefficient (Wildman–Crippen LogP) is -2.12. The zero-order valence-corrected chi connectivity index (χ0v) is 13.2. The summed E-state index contributed by atoms with van der Waals surface area (Å²) in [4.78, 5) is 24.1. The van der Waals surface area contributed by atoms with Gasteiger partial charge in [0, 0.05) is 14.1 Å². The Morgan fingerprint density at radius 2 is 2.04 bits per heavy atom. The Hall–Kier alpha value is -1.63. The van der Waals surface area contributed by atoms with Crippen molar-refractivity contribution < 1.29 is 20.1 Å². The van der Waals surface area contributed by atoms with Gasteiger partial charge in [0.1, 0.15) is 35.3 Å². The number of H-pyrrole nitrogens is 1. The summed E-state index contributed by atoms with van der Waals surface area (Å²) in [7, 11) is 3.51. The number of aliphatic hydroxyl groups excluding tert-OH is 3. The van der Waals surface area contributed by atoms with Gasteiger partial charge in [-0.25, -0.2) is 9.97 Å². The van der Waals surface area contributed by atoms with E-state index in [1.165, 1.54) is 0 Å². The van der Waals surface area contributed by atoms with E-state index in [9.17, 15) is 20.1 Å². The minimum atomic E-state index is -1.46. The molecule has 1 saturated heterocycles. The minimum absolute atomic E-state index is 0.0879. The molecule has 11 heteroatoms. The van der Waals surface area contributed by atoms with Crippen molar-refractivity contribution in [1.29, 1.82) is 0 Å². The number of hydrogen-bond acceptors (Lipinski definition) is 10. The van der Waals surface area contributed by atoms with Crippen molar-refractivity contribution in [1.82, 2.24) is 15.0 Å². The molecule has 23 heavy (non-hydrogen) atoms. The molecule has 0 aromatic carbocycles. The van der Waals surface area contributed by atoms with Crippen LogP contribution in [0, 0.1) is 0 Å². The van der Waals surface area contributed by atoms with Crippen molar-refractivity contribution in [2.45, 2.75) is 30.6 Å². The number of hydrogen-bond donors (Lipinski definition) is 5. The number of aromatic nitrogens is 3. The molecule has 126 valence electrons. The SMILES string of the molecule is CN(C)c1nc([C@@H]2O[C@H](C(N)O)[C@@H](O)[C@H]2O)nc2[nH]c(=O)sc12. The highest BCUT2D eigenvalue weighted by Gasteiger charge is 2.47. The maximum Gasteiger partial charge on any atom is 0.306 e. The van der Waals surface area contributed by atoms with Crippen LogP contribution >= 0.6 is 11.3 Å². The summed E-state index contributed by atoms with van der Waals surface area (Å²) in [6.07, 6.45) is -6.40. The highest BCUT2D eigenvalue weighted by atomic mass is 32.1. The van der Waals surface area contributed by atoms with E-state index in [2.05, 4.69) is 15.0 Å². The third-order valence-electron chi connectivity index (χ3n) is 3.60. The molecule has 10 nitrogen and oxygen atoms in total. The van der Waals surface area contributed by atoms with Crippen LogP contribution < -0.4 is 15.5 Å². The lowest BCUT2D eigenvalue weighted by molar-refractivity contribution is -0.0649. The molecule has 2 aromatic rings. The second kappa shape index (κ2) is 5.78. The van der Waals surface area contributed by atoms with E-state index in [1.54, 1.807) is 19.0 Å². The number of rotatable bonds is 3. The number of nitrogens with two attached hydrogens (primary N) is 1. The van der Waals surface area contributed by atoms with Gasteiger partial charge in [-0.15, -0.1) is 0 Å². The maximum absolute atomic E-state index is 11.6. The molecule has 0 aliphatic carbocycles. The standard InChI is InChI=1S/C12H17N5O5S/c1-17(2)11-7-10(16-12(21)23-7)14-9(15-11)6-4(19)3(18)5(22-6)8(13)20/h3-6,8,18-20H,13H2,1-2H3,(H,14,15,16,21)/t3-,4+,5-,6+,8?/m0/s1. The van der Waals surface area contributed by atoms with Gasteiger partial charge in [-0.05, 0) is 0 Å². The Morgan fingerprint density at radius 3 is 2.61 bits per heavy atom. The number of fused-ring (bicyclic) bond motifs is 1. The van der Waals surface area contributed by atoms with Gasteiger partial charge in [-0.2, -0.15) is 0 Å². The number of thiazole rings is 1. The van der Waals surface area contributed by atoms with E-state index in [0.717, 1.165) is 11.3 Å². The van der Waals surface area contributed by atoms with Crippen molar-refractivity contribution in [2.24, 2.45) is 5.73 Å². The molecule has 6 N–H and O–H groups in total. The Kier molecular flexibility index (Phi) is 4.08. The lowest BCUT2D eigenvalue weighted by Gasteiger charge is -2.17.